The van der Waals surface area contributed by atoms with Crippen LogP contribution in [0.5, 0.6) is 0 Å². The van der Waals surface area contributed by atoms with Gasteiger partial charge in [0.2, 0.25) is 0 Å². The lowest BCUT2D eigenvalue weighted by Crippen LogP contribution is -2.35. The zero-order valence-electron chi connectivity index (χ0n) is 11.2. The van der Waals surface area contributed by atoms with Gasteiger partial charge in [0.25, 0.3) is 0 Å². The van der Waals surface area contributed by atoms with E-state index in [0.717, 1.165) is 25.6 Å². The molecule has 1 aliphatic heterocycles. The molecule has 0 amide bonds. The Hall–Kier alpha value is -0.900. The fourth-order valence-corrected chi connectivity index (χ4v) is 2.54. The van der Waals surface area contributed by atoms with Crippen LogP contribution in [-0.2, 0) is 17.9 Å². The molecule has 3 heteroatoms. The summed E-state index contributed by atoms with van der Waals surface area (Å²) in [5.41, 5.74) is 2.64. The average molecular weight is 248 g/mol. The lowest BCUT2D eigenvalue weighted by Gasteiger charge is -2.23. The number of hydrogen-bond donors (Lipinski definition) is 2. The molecule has 1 atom stereocenters. The van der Waals surface area contributed by atoms with Gasteiger partial charge in [-0.25, -0.2) is 0 Å². The predicted octanol–water partition coefficient (Wildman–Crippen LogP) is 1.92. The first-order valence-corrected chi connectivity index (χ1v) is 6.87. The SMILES string of the molecule is COCc1ccccc1CNCC1CCCNC1. The fraction of sp³-hybridized carbons (Fsp3) is 0.600. The molecular weight excluding hydrogens is 224 g/mol. The second-order valence-electron chi connectivity index (χ2n) is 5.05. The molecule has 0 spiro atoms. The summed E-state index contributed by atoms with van der Waals surface area (Å²) in [5, 5.41) is 7.03. The Morgan fingerprint density at radius 2 is 2.17 bits per heavy atom. The third-order valence-electron chi connectivity index (χ3n) is 3.57. The van der Waals surface area contributed by atoms with Crippen molar-refractivity contribution in [1.29, 1.82) is 0 Å². The molecule has 1 unspecified atom stereocenters. The summed E-state index contributed by atoms with van der Waals surface area (Å²) >= 11 is 0. The van der Waals surface area contributed by atoms with E-state index in [1.165, 1.54) is 30.5 Å². The third-order valence-corrected chi connectivity index (χ3v) is 3.57. The van der Waals surface area contributed by atoms with E-state index in [4.69, 9.17) is 4.74 Å². The van der Waals surface area contributed by atoms with E-state index in [2.05, 4.69) is 34.9 Å². The molecule has 0 radical (unpaired) electrons. The lowest BCUT2D eigenvalue weighted by molar-refractivity contribution is 0.184. The highest BCUT2D eigenvalue weighted by molar-refractivity contribution is 5.26. The van der Waals surface area contributed by atoms with E-state index in [-0.39, 0.29) is 0 Å². The fourth-order valence-electron chi connectivity index (χ4n) is 2.54. The van der Waals surface area contributed by atoms with Gasteiger partial charge in [-0.05, 0) is 49.5 Å². The summed E-state index contributed by atoms with van der Waals surface area (Å²) in [7, 11) is 1.75. The molecule has 2 N–H and O–H groups in total. The molecule has 100 valence electrons. The molecule has 18 heavy (non-hydrogen) atoms. The summed E-state index contributed by atoms with van der Waals surface area (Å²) in [6, 6.07) is 8.49. The Morgan fingerprint density at radius 1 is 1.33 bits per heavy atom. The lowest BCUT2D eigenvalue weighted by atomic mass is 9.99. The smallest absolute Gasteiger partial charge is 0.0716 e. The van der Waals surface area contributed by atoms with E-state index in [9.17, 15) is 0 Å². The van der Waals surface area contributed by atoms with Crippen LogP contribution in [0.2, 0.25) is 0 Å². The first-order chi connectivity index (χ1) is 8.90. The van der Waals surface area contributed by atoms with Crippen molar-refractivity contribution in [1.82, 2.24) is 10.6 Å². The van der Waals surface area contributed by atoms with E-state index in [0.29, 0.717) is 6.61 Å². The number of rotatable bonds is 6. The van der Waals surface area contributed by atoms with Crippen LogP contribution in [-0.4, -0.2) is 26.7 Å². The van der Waals surface area contributed by atoms with E-state index < -0.39 is 0 Å². The first kappa shape index (κ1) is 13.5. The van der Waals surface area contributed by atoms with Gasteiger partial charge in [-0.2, -0.15) is 0 Å². The van der Waals surface area contributed by atoms with Gasteiger partial charge in [-0.1, -0.05) is 24.3 Å². The van der Waals surface area contributed by atoms with E-state index in [1.54, 1.807) is 7.11 Å². The van der Waals surface area contributed by atoms with Crippen LogP contribution in [0.1, 0.15) is 24.0 Å². The molecule has 0 aromatic heterocycles. The van der Waals surface area contributed by atoms with Crippen LogP contribution < -0.4 is 10.6 Å². The summed E-state index contributed by atoms with van der Waals surface area (Å²) < 4.78 is 5.23. The van der Waals surface area contributed by atoms with Crippen molar-refractivity contribution in [3.63, 3.8) is 0 Å². The highest BCUT2D eigenvalue weighted by Gasteiger charge is 2.12. The topological polar surface area (TPSA) is 33.3 Å². The van der Waals surface area contributed by atoms with Crippen LogP contribution in [0, 0.1) is 5.92 Å². The maximum atomic E-state index is 5.23. The molecule has 1 heterocycles. The molecule has 1 aliphatic rings. The van der Waals surface area contributed by atoms with Crippen LogP contribution in [0.3, 0.4) is 0 Å². The maximum absolute atomic E-state index is 5.23. The number of nitrogens with one attached hydrogen (secondary N) is 2. The molecular formula is C15H24N2O. The highest BCUT2D eigenvalue weighted by Crippen LogP contribution is 2.11. The van der Waals surface area contributed by atoms with Crippen molar-refractivity contribution in [2.75, 3.05) is 26.7 Å². The van der Waals surface area contributed by atoms with Crippen molar-refractivity contribution < 1.29 is 4.74 Å². The molecule has 0 bridgehead atoms. The molecule has 2 rings (SSSR count). The molecule has 1 saturated heterocycles. The van der Waals surface area contributed by atoms with Crippen LogP contribution in [0.25, 0.3) is 0 Å². The van der Waals surface area contributed by atoms with Crippen molar-refractivity contribution >= 4 is 0 Å². The van der Waals surface area contributed by atoms with Gasteiger partial charge in [0.15, 0.2) is 0 Å². The minimum Gasteiger partial charge on any atom is -0.380 e. The summed E-state index contributed by atoms with van der Waals surface area (Å²) in [5.74, 6) is 0.785. The molecule has 1 aromatic carbocycles. The zero-order chi connectivity index (χ0) is 12.6. The highest BCUT2D eigenvalue weighted by atomic mass is 16.5. The van der Waals surface area contributed by atoms with Gasteiger partial charge in [-0.3, -0.25) is 0 Å². The van der Waals surface area contributed by atoms with Gasteiger partial charge in [0.05, 0.1) is 6.61 Å². The summed E-state index contributed by atoms with van der Waals surface area (Å²) in [6.07, 6.45) is 2.66. The molecule has 3 nitrogen and oxygen atoms in total. The van der Waals surface area contributed by atoms with Crippen LogP contribution >= 0.6 is 0 Å². The normalized spacial score (nSPS) is 19.9. The monoisotopic (exact) mass is 248 g/mol. The Labute approximate surface area is 110 Å². The summed E-state index contributed by atoms with van der Waals surface area (Å²) in [4.78, 5) is 0. The average Bonchev–Trinajstić information content (AvgIpc) is 2.42. The first-order valence-electron chi connectivity index (χ1n) is 6.87. The Kier molecular flexibility index (Phi) is 5.65. The maximum Gasteiger partial charge on any atom is 0.0716 e. The predicted molar refractivity (Wildman–Crippen MR) is 74.5 cm³/mol. The Balaban J connectivity index is 1.78. The molecule has 0 saturated carbocycles. The second kappa shape index (κ2) is 7.52. The van der Waals surface area contributed by atoms with Crippen LogP contribution in [0.4, 0.5) is 0 Å². The number of hydrogen-bond acceptors (Lipinski definition) is 3. The van der Waals surface area contributed by atoms with E-state index in [1.807, 2.05) is 0 Å². The minimum atomic E-state index is 0.697. The Bertz CT molecular complexity index is 348. The van der Waals surface area contributed by atoms with Gasteiger partial charge in [0, 0.05) is 13.7 Å². The largest absolute Gasteiger partial charge is 0.380 e. The number of benzene rings is 1. The summed E-state index contributed by atoms with van der Waals surface area (Å²) in [6.45, 7) is 5.09. The zero-order valence-corrected chi connectivity index (χ0v) is 11.2. The molecule has 1 aromatic rings. The van der Waals surface area contributed by atoms with Gasteiger partial charge < -0.3 is 15.4 Å². The van der Waals surface area contributed by atoms with Gasteiger partial charge in [-0.15, -0.1) is 0 Å². The van der Waals surface area contributed by atoms with E-state index >= 15 is 0 Å². The Morgan fingerprint density at radius 3 is 2.89 bits per heavy atom. The van der Waals surface area contributed by atoms with Crippen molar-refractivity contribution in [2.24, 2.45) is 5.92 Å². The molecule has 0 aliphatic carbocycles. The van der Waals surface area contributed by atoms with Gasteiger partial charge in [0.1, 0.15) is 0 Å². The van der Waals surface area contributed by atoms with Crippen LogP contribution in [0.15, 0.2) is 24.3 Å². The quantitative estimate of drug-likeness (QED) is 0.807. The number of ether oxygens (including phenoxy) is 1. The van der Waals surface area contributed by atoms with Crippen molar-refractivity contribution in [3.8, 4) is 0 Å². The number of piperidine rings is 1. The van der Waals surface area contributed by atoms with Crippen molar-refractivity contribution in [3.05, 3.63) is 35.4 Å². The minimum absolute atomic E-state index is 0.697. The molecule has 1 fully saturated rings. The van der Waals surface area contributed by atoms with Crippen molar-refractivity contribution in [2.45, 2.75) is 26.0 Å². The van der Waals surface area contributed by atoms with Gasteiger partial charge >= 0.3 is 0 Å². The number of methoxy groups -OCH3 is 1. The third kappa shape index (κ3) is 4.09. The second-order valence-corrected chi connectivity index (χ2v) is 5.05. The standard InChI is InChI=1S/C15H24N2O/c1-18-12-15-7-3-2-6-14(15)11-17-10-13-5-4-8-16-9-13/h2-3,6-7,13,16-17H,4-5,8-12H2,1H3.